The van der Waals surface area contributed by atoms with Crippen molar-refractivity contribution in [3.63, 3.8) is 0 Å². The molecule has 0 aromatic heterocycles. The largest absolute Gasteiger partial charge is 0.478 e. The number of nitrogens with zero attached hydrogens (tertiary/aromatic N) is 1. The van der Waals surface area contributed by atoms with Gasteiger partial charge in [0.1, 0.15) is 0 Å². The van der Waals surface area contributed by atoms with E-state index in [0.717, 1.165) is 0 Å². The molecule has 1 aromatic carbocycles. The Morgan fingerprint density at radius 2 is 1.65 bits per heavy atom. The number of nitrogen functional groups attached to an aromatic ring is 1. The number of nitrogens with two attached hydrogens (primary N) is 3. The maximum atomic E-state index is 11.1. The highest BCUT2D eigenvalue weighted by molar-refractivity contribution is 5.96. The average Bonchev–Trinajstić information content (AvgIpc) is 2.29. The van der Waals surface area contributed by atoms with E-state index in [1.165, 1.54) is 11.0 Å². The lowest BCUT2D eigenvalue weighted by molar-refractivity contribution is -0.117. The summed E-state index contributed by atoms with van der Waals surface area (Å²) in [5.41, 5.74) is 16.7. The number of amides is 2. The Hall–Kier alpha value is -2.77. The number of benzene rings is 1. The number of carboxylic acids is 1. The molecule has 1 aromatic rings. The molecule has 2 amide bonds. The van der Waals surface area contributed by atoms with Gasteiger partial charge in [0.2, 0.25) is 11.8 Å². The van der Waals surface area contributed by atoms with Crippen LogP contribution < -0.4 is 22.1 Å². The number of anilines is 2. The SMILES string of the molecule is Cc1cc(N(CC(N)=O)CC(N)=O)cc(C(=O)O)c1N. The molecule has 0 unspecified atom stereocenters. The first kappa shape index (κ1) is 15.3. The van der Waals surface area contributed by atoms with Gasteiger partial charge in [-0.2, -0.15) is 0 Å². The van der Waals surface area contributed by atoms with Gasteiger partial charge in [-0.15, -0.1) is 0 Å². The molecule has 20 heavy (non-hydrogen) atoms. The normalized spacial score (nSPS) is 10.1. The standard InChI is InChI=1S/C12H16N4O4/c1-6-2-7(3-8(11(6)15)12(19)20)16(4-9(13)17)5-10(14)18/h2-3H,4-5,15H2,1H3,(H2,13,17)(H2,14,18)(H,19,20). The second kappa shape index (κ2) is 5.91. The number of rotatable bonds is 6. The van der Waals surface area contributed by atoms with Gasteiger partial charge < -0.3 is 27.2 Å². The Balaban J connectivity index is 3.29. The van der Waals surface area contributed by atoms with Crippen molar-refractivity contribution in [3.05, 3.63) is 23.3 Å². The van der Waals surface area contributed by atoms with Gasteiger partial charge in [-0.05, 0) is 24.6 Å². The van der Waals surface area contributed by atoms with Gasteiger partial charge in [-0.25, -0.2) is 4.79 Å². The first-order valence-corrected chi connectivity index (χ1v) is 5.67. The van der Waals surface area contributed by atoms with Crippen molar-refractivity contribution >= 4 is 29.2 Å². The Morgan fingerprint density at radius 1 is 1.15 bits per heavy atom. The lowest BCUT2D eigenvalue weighted by Crippen LogP contribution is -2.39. The molecule has 0 saturated carbocycles. The number of hydrogen-bond acceptors (Lipinski definition) is 5. The van der Waals surface area contributed by atoms with E-state index in [0.29, 0.717) is 11.3 Å². The lowest BCUT2D eigenvalue weighted by Gasteiger charge is -2.23. The van der Waals surface area contributed by atoms with Gasteiger partial charge in [0, 0.05) is 11.4 Å². The van der Waals surface area contributed by atoms with E-state index in [2.05, 4.69) is 0 Å². The molecule has 0 aliphatic rings. The van der Waals surface area contributed by atoms with Crippen LogP contribution in [-0.4, -0.2) is 36.0 Å². The summed E-state index contributed by atoms with van der Waals surface area (Å²) in [6.07, 6.45) is 0. The summed E-state index contributed by atoms with van der Waals surface area (Å²) >= 11 is 0. The van der Waals surface area contributed by atoms with E-state index in [4.69, 9.17) is 22.3 Å². The van der Waals surface area contributed by atoms with Gasteiger partial charge in [0.05, 0.1) is 18.7 Å². The molecule has 7 N–H and O–H groups in total. The van der Waals surface area contributed by atoms with Crippen LogP contribution in [0.15, 0.2) is 12.1 Å². The third-order valence-corrected chi connectivity index (χ3v) is 2.66. The summed E-state index contributed by atoms with van der Waals surface area (Å²) in [7, 11) is 0. The quantitative estimate of drug-likeness (QED) is 0.493. The molecule has 0 spiro atoms. The third-order valence-electron chi connectivity index (χ3n) is 2.66. The van der Waals surface area contributed by atoms with Crippen molar-refractivity contribution in [1.82, 2.24) is 0 Å². The Morgan fingerprint density at radius 3 is 2.05 bits per heavy atom. The fraction of sp³-hybridized carbons (Fsp3) is 0.250. The summed E-state index contributed by atoms with van der Waals surface area (Å²) in [5.74, 6) is -2.54. The molecule has 0 saturated heterocycles. The second-order valence-corrected chi connectivity index (χ2v) is 4.32. The first-order valence-electron chi connectivity index (χ1n) is 5.67. The van der Waals surface area contributed by atoms with Gasteiger partial charge in [-0.1, -0.05) is 0 Å². The molecule has 0 atom stereocenters. The van der Waals surface area contributed by atoms with Crippen molar-refractivity contribution in [2.45, 2.75) is 6.92 Å². The van der Waals surface area contributed by atoms with Gasteiger partial charge in [0.25, 0.3) is 0 Å². The molecule has 0 aliphatic carbocycles. The summed E-state index contributed by atoms with van der Waals surface area (Å²) in [4.78, 5) is 34.5. The minimum absolute atomic E-state index is 0.112. The average molecular weight is 280 g/mol. The smallest absolute Gasteiger partial charge is 0.337 e. The number of carbonyl (C=O) groups is 3. The van der Waals surface area contributed by atoms with Crippen LogP contribution in [0.4, 0.5) is 11.4 Å². The van der Waals surface area contributed by atoms with Crippen molar-refractivity contribution < 1.29 is 19.5 Å². The van der Waals surface area contributed by atoms with Crippen LogP contribution in [0, 0.1) is 6.92 Å². The molecular weight excluding hydrogens is 264 g/mol. The van der Waals surface area contributed by atoms with Crippen LogP contribution in [0.3, 0.4) is 0 Å². The van der Waals surface area contributed by atoms with Gasteiger partial charge in [0.15, 0.2) is 0 Å². The van der Waals surface area contributed by atoms with Crippen molar-refractivity contribution in [1.29, 1.82) is 0 Å². The second-order valence-electron chi connectivity index (χ2n) is 4.32. The van der Waals surface area contributed by atoms with Crippen molar-refractivity contribution in [2.24, 2.45) is 11.5 Å². The minimum atomic E-state index is -1.20. The molecule has 0 aliphatic heterocycles. The van der Waals surface area contributed by atoms with Crippen LogP contribution in [-0.2, 0) is 9.59 Å². The van der Waals surface area contributed by atoms with Crippen molar-refractivity contribution in [2.75, 3.05) is 23.7 Å². The molecule has 8 heteroatoms. The summed E-state index contributed by atoms with van der Waals surface area (Å²) in [6.45, 7) is 1.11. The summed E-state index contributed by atoms with van der Waals surface area (Å²) in [5, 5.41) is 9.08. The van der Waals surface area contributed by atoms with Crippen LogP contribution in [0.2, 0.25) is 0 Å². The fourth-order valence-electron chi connectivity index (χ4n) is 1.75. The summed E-state index contributed by atoms with van der Waals surface area (Å²) in [6, 6.07) is 2.84. The van der Waals surface area contributed by atoms with Crippen LogP contribution in [0.25, 0.3) is 0 Å². The molecule has 1 rings (SSSR count). The summed E-state index contributed by atoms with van der Waals surface area (Å²) < 4.78 is 0. The van der Waals surface area contributed by atoms with Crippen LogP contribution >= 0.6 is 0 Å². The van der Waals surface area contributed by atoms with E-state index in [-0.39, 0.29) is 24.3 Å². The first-order chi connectivity index (χ1) is 9.22. The van der Waals surface area contributed by atoms with Crippen molar-refractivity contribution in [3.8, 4) is 0 Å². The minimum Gasteiger partial charge on any atom is -0.478 e. The van der Waals surface area contributed by atoms with E-state index in [9.17, 15) is 14.4 Å². The molecular formula is C12H16N4O4. The van der Waals surface area contributed by atoms with E-state index < -0.39 is 17.8 Å². The Labute approximate surface area is 115 Å². The number of aryl methyl sites for hydroxylation is 1. The number of carboxylic acid groups (broad SMARTS) is 1. The predicted molar refractivity (Wildman–Crippen MR) is 73.2 cm³/mol. The van der Waals surface area contributed by atoms with E-state index >= 15 is 0 Å². The maximum absolute atomic E-state index is 11.1. The van der Waals surface area contributed by atoms with E-state index in [1.54, 1.807) is 13.0 Å². The number of carbonyl (C=O) groups excluding carboxylic acids is 2. The molecule has 0 fully saturated rings. The topological polar surface area (TPSA) is 153 Å². The lowest BCUT2D eigenvalue weighted by atomic mass is 10.1. The highest BCUT2D eigenvalue weighted by Crippen LogP contribution is 2.25. The zero-order chi connectivity index (χ0) is 15.4. The monoisotopic (exact) mass is 280 g/mol. The number of primary amides is 2. The Kier molecular flexibility index (Phi) is 4.52. The molecule has 8 nitrogen and oxygen atoms in total. The van der Waals surface area contributed by atoms with Gasteiger partial charge in [-0.3, -0.25) is 9.59 Å². The highest BCUT2D eigenvalue weighted by atomic mass is 16.4. The molecule has 0 bridgehead atoms. The van der Waals surface area contributed by atoms with Crippen LogP contribution in [0.5, 0.6) is 0 Å². The highest BCUT2D eigenvalue weighted by Gasteiger charge is 2.17. The zero-order valence-corrected chi connectivity index (χ0v) is 10.9. The fourth-order valence-corrected chi connectivity index (χ4v) is 1.75. The maximum Gasteiger partial charge on any atom is 0.337 e. The van der Waals surface area contributed by atoms with Crippen LogP contribution in [0.1, 0.15) is 15.9 Å². The zero-order valence-electron chi connectivity index (χ0n) is 10.9. The molecule has 0 heterocycles. The molecule has 0 radical (unpaired) electrons. The number of hydrogen-bond donors (Lipinski definition) is 4. The third kappa shape index (κ3) is 3.61. The van der Waals surface area contributed by atoms with E-state index in [1.807, 2.05) is 0 Å². The predicted octanol–water partition coefficient (Wildman–Crippen LogP) is -0.948. The Bertz CT molecular complexity index is 555. The number of aromatic carboxylic acids is 1. The van der Waals surface area contributed by atoms with Gasteiger partial charge >= 0.3 is 5.97 Å². The molecule has 108 valence electrons.